The second-order valence-corrected chi connectivity index (χ2v) is 7.30. The fourth-order valence-corrected chi connectivity index (χ4v) is 2.65. The molecule has 1 aromatic carbocycles. The zero-order valence-electron chi connectivity index (χ0n) is 13.0. The number of anilines is 1. The number of nitrogen functional groups attached to an aromatic ring is 1. The Hall–Kier alpha value is -1.24. The van der Waals surface area contributed by atoms with E-state index in [1.807, 2.05) is 31.2 Å². The molecule has 0 unspecified atom stereocenters. The molecular weight excluding hydrogens is 377 g/mol. The number of benzene rings is 1. The predicted octanol–water partition coefficient (Wildman–Crippen LogP) is 4.05. The quantitative estimate of drug-likeness (QED) is 0.790. The van der Waals surface area contributed by atoms with E-state index in [9.17, 15) is 0 Å². The summed E-state index contributed by atoms with van der Waals surface area (Å²) in [6.07, 6.45) is 0.902. The van der Waals surface area contributed by atoms with Gasteiger partial charge in [0.25, 0.3) is 0 Å². The summed E-state index contributed by atoms with van der Waals surface area (Å²) in [6.45, 7) is 9.25. The minimum Gasteiger partial charge on any atom is -0.494 e. The van der Waals surface area contributed by atoms with Crippen molar-refractivity contribution in [3.05, 3.63) is 33.5 Å². The molecule has 2 aromatic rings. The molecule has 0 aliphatic rings. The number of halogens is 1. The molecule has 0 atom stereocenters. The molecule has 1 aromatic heterocycles. The summed E-state index contributed by atoms with van der Waals surface area (Å²) >= 11 is 2.28. The summed E-state index contributed by atoms with van der Waals surface area (Å²) in [6, 6.07) is 7.84. The average Bonchev–Trinajstić information content (AvgIpc) is 2.67. The third-order valence-electron chi connectivity index (χ3n) is 3.02. The third-order valence-corrected chi connectivity index (χ3v) is 4.19. The highest BCUT2D eigenvalue weighted by molar-refractivity contribution is 14.1. The molecule has 0 radical (unpaired) electrons. The van der Waals surface area contributed by atoms with Gasteiger partial charge < -0.3 is 10.5 Å². The number of ether oxygens (including phenoxy) is 1. The molecule has 0 bridgehead atoms. The smallest absolute Gasteiger partial charge is 0.141 e. The summed E-state index contributed by atoms with van der Waals surface area (Å²) in [5.74, 6) is 1.55. The van der Waals surface area contributed by atoms with Crippen LogP contribution in [-0.2, 0) is 6.42 Å². The minimum atomic E-state index is 0.185. The fraction of sp³-hybridized carbons (Fsp3) is 0.438. The van der Waals surface area contributed by atoms with Crippen molar-refractivity contribution >= 4 is 28.4 Å². The van der Waals surface area contributed by atoms with Gasteiger partial charge in [-0.05, 0) is 65.6 Å². The first-order valence-electron chi connectivity index (χ1n) is 7.08. The maximum absolute atomic E-state index is 6.21. The van der Waals surface area contributed by atoms with Gasteiger partial charge in [0, 0.05) is 0 Å². The minimum absolute atomic E-state index is 0.185. The van der Waals surface area contributed by atoms with Gasteiger partial charge in [0.2, 0.25) is 0 Å². The molecule has 4 nitrogen and oxygen atoms in total. The molecule has 0 aliphatic carbocycles. The summed E-state index contributed by atoms with van der Waals surface area (Å²) in [5.41, 5.74) is 8.40. The van der Waals surface area contributed by atoms with Gasteiger partial charge in [-0.25, -0.2) is 4.68 Å². The van der Waals surface area contributed by atoms with Gasteiger partial charge in [0.1, 0.15) is 11.6 Å². The normalized spacial score (nSPS) is 11.7. The molecule has 21 heavy (non-hydrogen) atoms. The first-order chi connectivity index (χ1) is 9.81. The summed E-state index contributed by atoms with van der Waals surface area (Å²) < 4.78 is 8.30. The van der Waals surface area contributed by atoms with Crippen molar-refractivity contribution in [3.63, 3.8) is 0 Å². The molecule has 0 fully saturated rings. The maximum Gasteiger partial charge on any atom is 0.141 e. The van der Waals surface area contributed by atoms with Crippen LogP contribution in [0.25, 0.3) is 5.69 Å². The first-order valence-corrected chi connectivity index (χ1v) is 8.16. The SMILES string of the molecule is CCOc1ccc(-n2nc(CC(C)(C)C)c(I)c2N)cc1. The van der Waals surface area contributed by atoms with Crippen LogP contribution in [0.3, 0.4) is 0 Å². The molecule has 0 saturated heterocycles. The summed E-state index contributed by atoms with van der Waals surface area (Å²) in [5, 5.41) is 4.68. The standard InChI is InChI=1S/C16H22IN3O/c1-5-21-12-8-6-11(7-9-12)20-15(18)14(17)13(19-20)10-16(2,3)4/h6-9H,5,10,18H2,1-4H3. The Balaban J connectivity index is 2.33. The van der Waals surface area contributed by atoms with Crippen LogP contribution >= 0.6 is 22.6 Å². The van der Waals surface area contributed by atoms with E-state index in [1.165, 1.54) is 0 Å². The van der Waals surface area contributed by atoms with E-state index in [0.29, 0.717) is 12.4 Å². The van der Waals surface area contributed by atoms with Crippen LogP contribution in [-0.4, -0.2) is 16.4 Å². The lowest BCUT2D eigenvalue weighted by atomic mass is 9.91. The molecule has 2 N–H and O–H groups in total. The molecule has 0 saturated carbocycles. The molecule has 2 rings (SSSR count). The molecule has 0 amide bonds. The monoisotopic (exact) mass is 399 g/mol. The number of hydrogen-bond acceptors (Lipinski definition) is 3. The highest BCUT2D eigenvalue weighted by Gasteiger charge is 2.20. The van der Waals surface area contributed by atoms with E-state index < -0.39 is 0 Å². The van der Waals surface area contributed by atoms with E-state index in [-0.39, 0.29) is 5.41 Å². The van der Waals surface area contributed by atoms with Crippen LogP contribution in [0.4, 0.5) is 5.82 Å². The van der Waals surface area contributed by atoms with Crippen molar-refractivity contribution in [1.29, 1.82) is 0 Å². The van der Waals surface area contributed by atoms with Gasteiger partial charge in [-0.3, -0.25) is 0 Å². The summed E-state index contributed by atoms with van der Waals surface area (Å²) in [4.78, 5) is 0. The molecule has 114 valence electrons. The van der Waals surface area contributed by atoms with E-state index in [4.69, 9.17) is 10.5 Å². The molecular formula is C16H22IN3O. The average molecular weight is 399 g/mol. The Morgan fingerprint density at radius 2 is 1.86 bits per heavy atom. The van der Waals surface area contributed by atoms with Crippen molar-refractivity contribution in [1.82, 2.24) is 9.78 Å². The van der Waals surface area contributed by atoms with Gasteiger partial charge in [-0.2, -0.15) is 5.10 Å². The molecule has 0 spiro atoms. The Morgan fingerprint density at radius 3 is 2.38 bits per heavy atom. The number of rotatable bonds is 4. The number of aromatic nitrogens is 2. The maximum atomic E-state index is 6.21. The molecule has 5 heteroatoms. The number of nitrogens with zero attached hydrogens (tertiary/aromatic N) is 2. The largest absolute Gasteiger partial charge is 0.494 e. The Kier molecular flexibility index (Phi) is 4.81. The van der Waals surface area contributed by atoms with E-state index in [1.54, 1.807) is 4.68 Å². The topological polar surface area (TPSA) is 53.1 Å². The van der Waals surface area contributed by atoms with E-state index in [0.717, 1.165) is 27.1 Å². The second kappa shape index (κ2) is 6.25. The van der Waals surface area contributed by atoms with Crippen molar-refractivity contribution in [2.45, 2.75) is 34.1 Å². The van der Waals surface area contributed by atoms with Crippen molar-refractivity contribution < 1.29 is 4.74 Å². The highest BCUT2D eigenvalue weighted by Crippen LogP contribution is 2.28. The van der Waals surface area contributed by atoms with Crippen LogP contribution in [0.1, 0.15) is 33.4 Å². The van der Waals surface area contributed by atoms with Crippen LogP contribution in [0, 0.1) is 8.99 Å². The van der Waals surface area contributed by atoms with Crippen molar-refractivity contribution in [2.24, 2.45) is 5.41 Å². The third kappa shape index (κ3) is 3.90. The highest BCUT2D eigenvalue weighted by atomic mass is 127. The second-order valence-electron chi connectivity index (χ2n) is 6.22. The zero-order chi connectivity index (χ0) is 15.6. The number of hydrogen-bond donors (Lipinski definition) is 1. The lowest BCUT2D eigenvalue weighted by Gasteiger charge is -2.16. The van der Waals surface area contributed by atoms with Crippen molar-refractivity contribution in [3.8, 4) is 11.4 Å². The Bertz CT molecular complexity index is 612. The van der Waals surface area contributed by atoms with Crippen LogP contribution in [0.2, 0.25) is 0 Å². The lowest BCUT2D eigenvalue weighted by molar-refractivity contribution is 0.340. The Morgan fingerprint density at radius 1 is 1.24 bits per heavy atom. The van der Waals surface area contributed by atoms with Crippen LogP contribution in [0.15, 0.2) is 24.3 Å². The van der Waals surface area contributed by atoms with Gasteiger partial charge in [0.15, 0.2) is 0 Å². The van der Waals surface area contributed by atoms with Crippen LogP contribution < -0.4 is 10.5 Å². The first kappa shape index (κ1) is 16.1. The number of nitrogens with two attached hydrogens (primary N) is 1. The molecule has 0 aliphatic heterocycles. The Labute approximate surface area is 139 Å². The fourth-order valence-electron chi connectivity index (χ4n) is 2.12. The van der Waals surface area contributed by atoms with Gasteiger partial charge in [-0.1, -0.05) is 20.8 Å². The van der Waals surface area contributed by atoms with E-state index in [2.05, 4.69) is 48.5 Å². The van der Waals surface area contributed by atoms with Crippen molar-refractivity contribution in [2.75, 3.05) is 12.3 Å². The van der Waals surface area contributed by atoms with Gasteiger partial charge >= 0.3 is 0 Å². The summed E-state index contributed by atoms with van der Waals surface area (Å²) in [7, 11) is 0. The van der Waals surface area contributed by atoms with Crippen LogP contribution in [0.5, 0.6) is 5.75 Å². The van der Waals surface area contributed by atoms with Gasteiger partial charge in [-0.15, -0.1) is 0 Å². The van der Waals surface area contributed by atoms with E-state index >= 15 is 0 Å². The lowest BCUT2D eigenvalue weighted by Crippen LogP contribution is -2.10. The molecule has 1 heterocycles. The predicted molar refractivity (Wildman–Crippen MR) is 95.0 cm³/mol. The zero-order valence-corrected chi connectivity index (χ0v) is 15.1. The van der Waals surface area contributed by atoms with Gasteiger partial charge in [0.05, 0.1) is 21.6 Å².